The molecule has 0 aliphatic carbocycles. The second-order valence-corrected chi connectivity index (χ2v) is 10.2. The molecule has 4 nitrogen and oxygen atoms in total. The van der Waals surface area contributed by atoms with Crippen LogP contribution >= 0.6 is 0 Å². The molecular formula is C30H30Br2N2O2. The lowest BCUT2D eigenvalue weighted by Gasteiger charge is -2.55. The lowest BCUT2D eigenvalue weighted by Crippen LogP contribution is -3.00. The summed E-state index contributed by atoms with van der Waals surface area (Å²) in [5.41, 5.74) is 1.68. The Kier molecular flexibility index (Phi) is 7.81. The first kappa shape index (κ1) is 26.7. The fourth-order valence-electron chi connectivity index (χ4n) is 6.13. The van der Waals surface area contributed by atoms with Gasteiger partial charge in [0.25, 0.3) is 0 Å². The first-order valence-corrected chi connectivity index (χ1v) is 12.3. The van der Waals surface area contributed by atoms with Crippen LogP contribution in [0.25, 0.3) is 21.5 Å². The van der Waals surface area contributed by atoms with Gasteiger partial charge in [-0.25, -0.2) is 0 Å². The number of rotatable bonds is 6. The van der Waals surface area contributed by atoms with E-state index >= 15 is 0 Å². The Morgan fingerprint density at radius 3 is 1.22 bits per heavy atom. The minimum atomic E-state index is 0. The van der Waals surface area contributed by atoms with E-state index in [-0.39, 0.29) is 45.5 Å². The van der Waals surface area contributed by atoms with Crippen LogP contribution in [0.4, 0.5) is 0 Å². The fraction of sp³-hybridized carbons (Fsp3) is 0.267. The maximum atomic E-state index is 13.4. The van der Waals surface area contributed by atoms with Crippen molar-refractivity contribution in [2.24, 2.45) is 0 Å². The molecule has 0 radical (unpaired) electrons. The molecule has 36 heavy (non-hydrogen) atoms. The minimum Gasteiger partial charge on any atom is -1.00 e. The summed E-state index contributed by atoms with van der Waals surface area (Å²) in [6, 6.07) is 28.3. The topological polar surface area (TPSA) is 34.1 Å². The molecule has 3 aliphatic rings. The highest BCUT2D eigenvalue weighted by Crippen LogP contribution is 2.29. The molecule has 4 aromatic carbocycles. The van der Waals surface area contributed by atoms with Gasteiger partial charge in [0, 0.05) is 11.1 Å². The van der Waals surface area contributed by atoms with Crippen molar-refractivity contribution in [3.05, 3.63) is 96.1 Å². The number of quaternary nitrogens is 2. The van der Waals surface area contributed by atoms with E-state index in [1.807, 2.05) is 48.5 Å². The van der Waals surface area contributed by atoms with E-state index in [4.69, 9.17) is 0 Å². The maximum Gasteiger partial charge on any atom is 0.217 e. The highest BCUT2D eigenvalue weighted by atomic mass is 79.9. The van der Waals surface area contributed by atoms with Gasteiger partial charge in [-0.05, 0) is 21.5 Å². The summed E-state index contributed by atoms with van der Waals surface area (Å²) >= 11 is 0. The van der Waals surface area contributed by atoms with Crippen LogP contribution < -0.4 is 34.0 Å². The normalized spacial score (nSPS) is 22.6. The lowest BCUT2D eigenvalue weighted by molar-refractivity contribution is -1.07. The van der Waals surface area contributed by atoms with Crippen molar-refractivity contribution in [3.8, 4) is 0 Å². The standard InChI is InChI=1S/C30H30N2O2.2BrH/c33-29(27-13-5-9-23-7-1-3-11-25(23)27)21-31-15-18-32(19-16-31,20-17-31)22-30(34)28-14-6-10-24-8-2-4-12-26(24)28;;/h1-14H,15-22H2;2*1H/q+2;;/p-2. The summed E-state index contributed by atoms with van der Waals surface area (Å²) in [7, 11) is 0. The van der Waals surface area contributed by atoms with E-state index in [0.717, 1.165) is 80.9 Å². The minimum absolute atomic E-state index is 0. The monoisotopic (exact) mass is 608 g/mol. The first-order valence-electron chi connectivity index (χ1n) is 12.3. The smallest absolute Gasteiger partial charge is 0.217 e. The Balaban J connectivity index is 0.00000152. The average molecular weight is 610 g/mol. The summed E-state index contributed by atoms with van der Waals surface area (Å²) in [4.78, 5) is 26.8. The molecular weight excluding hydrogens is 580 g/mol. The number of halogens is 2. The van der Waals surface area contributed by atoms with Crippen LogP contribution in [0, 0.1) is 0 Å². The molecule has 0 atom stereocenters. The van der Waals surface area contributed by atoms with Crippen LogP contribution in [-0.2, 0) is 0 Å². The molecule has 4 aromatic rings. The highest BCUT2D eigenvalue weighted by Gasteiger charge is 2.50. The lowest BCUT2D eigenvalue weighted by atomic mass is 9.97. The van der Waals surface area contributed by atoms with Crippen LogP contribution in [-0.4, -0.2) is 72.9 Å². The van der Waals surface area contributed by atoms with Gasteiger partial charge in [0.1, 0.15) is 52.4 Å². The van der Waals surface area contributed by atoms with Crippen LogP contribution in [0.15, 0.2) is 84.9 Å². The number of hydrogen-bond acceptors (Lipinski definition) is 2. The predicted octanol–water partition coefficient (Wildman–Crippen LogP) is -1.27. The maximum absolute atomic E-state index is 13.4. The van der Waals surface area contributed by atoms with Crippen LogP contribution in [0.2, 0.25) is 0 Å². The average Bonchev–Trinajstić information content (AvgIpc) is 2.89. The molecule has 6 heteroatoms. The molecule has 0 unspecified atom stereocenters. The Morgan fingerprint density at radius 1 is 0.500 bits per heavy atom. The Hall–Kier alpha value is -2.38. The second kappa shape index (κ2) is 10.5. The van der Waals surface area contributed by atoms with Gasteiger partial charge in [-0.1, -0.05) is 84.9 Å². The van der Waals surface area contributed by atoms with Crippen molar-refractivity contribution < 1.29 is 52.5 Å². The van der Waals surface area contributed by atoms with Crippen molar-refractivity contribution >= 4 is 33.1 Å². The third-order valence-electron chi connectivity index (χ3n) is 8.28. The van der Waals surface area contributed by atoms with Crippen molar-refractivity contribution in [2.75, 3.05) is 52.4 Å². The van der Waals surface area contributed by atoms with E-state index < -0.39 is 0 Å². The number of ketones is 2. The number of benzene rings is 4. The van der Waals surface area contributed by atoms with Gasteiger partial charge < -0.3 is 42.9 Å². The van der Waals surface area contributed by atoms with Crippen LogP contribution in [0.5, 0.6) is 0 Å². The van der Waals surface area contributed by atoms with E-state index in [2.05, 4.69) is 36.4 Å². The zero-order valence-corrected chi connectivity index (χ0v) is 23.4. The molecule has 3 heterocycles. The number of Topliss-reactive ketones (excluding diaryl/α,β-unsaturated/α-hetero) is 2. The molecule has 3 aliphatic heterocycles. The predicted molar refractivity (Wildman–Crippen MR) is 136 cm³/mol. The molecule has 3 saturated heterocycles. The van der Waals surface area contributed by atoms with E-state index in [1.54, 1.807) is 0 Å². The van der Waals surface area contributed by atoms with E-state index in [9.17, 15) is 9.59 Å². The van der Waals surface area contributed by atoms with Gasteiger partial charge in [0.2, 0.25) is 11.6 Å². The number of carbonyl (C=O) groups excluding carboxylic acids is 2. The van der Waals surface area contributed by atoms with Crippen molar-refractivity contribution in [1.82, 2.24) is 0 Å². The molecule has 0 N–H and O–H groups in total. The molecule has 0 aromatic heterocycles. The van der Waals surface area contributed by atoms with Gasteiger partial charge in [-0.2, -0.15) is 0 Å². The van der Waals surface area contributed by atoms with Gasteiger partial charge in [-0.3, -0.25) is 9.59 Å². The summed E-state index contributed by atoms with van der Waals surface area (Å²) in [6.45, 7) is 6.95. The highest BCUT2D eigenvalue weighted by molar-refractivity contribution is 6.09. The largest absolute Gasteiger partial charge is 1.00 e. The Labute approximate surface area is 233 Å². The van der Waals surface area contributed by atoms with Gasteiger partial charge in [-0.15, -0.1) is 0 Å². The van der Waals surface area contributed by atoms with Gasteiger partial charge in [0.05, 0.1) is 0 Å². The molecule has 2 bridgehead atoms. The number of fused-ring (bicyclic) bond motifs is 5. The number of hydrogen-bond donors (Lipinski definition) is 0. The third-order valence-corrected chi connectivity index (χ3v) is 8.28. The fourth-order valence-corrected chi connectivity index (χ4v) is 6.13. The molecule has 0 spiro atoms. The second-order valence-electron chi connectivity index (χ2n) is 10.2. The number of piperazine rings is 3. The SMILES string of the molecule is O=C(C[N+]12CC[N+](CC(=O)c3cccc4ccccc34)(CC1)CC2)c1cccc2ccccc12.[Br-].[Br-]. The molecule has 7 rings (SSSR count). The van der Waals surface area contributed by atoms with Gasteiger partial charge >= 0.3 is 0 Å². The molecule has 0 saturated carbocycles. The third kappa shape index (κ3) is 4.80. The quantitative estimate of drug-likeness (QED) is 0.202. The Bertz CT molecular complexity index is 1290. The molecule has 0 amide bonds. The number of nitrogens with zero attached hydrogens (tertiary/aromatic N) is 2. The van der Waals surface area contributed by atoms with E-state index in [0.29, 0.717) is 13.1 Å². The summed E-state index contributed by atoms with van der Waals surface area (Å²) in [6.07, 6.45) is 0. The zero-order chi connectivity index (χ0) is 23.2. The molecule has 186 valence electrons. The van der Waals surface area contributed by atoms with Crippen molar-refractivity contribution in [1.29, 1.82) is 0 Å². The molecule has 3 fully saturated rings. The Morgan fingerprint density at radius 2 is 0.833 bits per heavy atom. The summed E-state index contributed by atoms with van der Waals surface area (Å²) in [5, 5.41) is 4.34. The van der Waals surface area contributed by atoms with Crippen molar-refractivity contribution in [2.45, 2.75) is 0 Å². The first-order chi connectivity index (χ1) is 16.6. The van der Waals surface area contributed by atoms with Crippen LogP contribution in [0.3, 0.4) is 0 Å². The zero-order valence-electron chi connectivity index (χ0n) is 20.2. The van der Waals surface area contributed by atoms with Crippen molar-refractivity contribution in [3.63, 3.8) is 0 Å². The summed E-state index contributed by atoms with van der Waals surface area (Å²) < 4.78 is 1.73. The van der Waals surface area contributed by atoms with Gasteiger partial charge in [0.15, 0.2) is 0 Å². The van der Waals surface area contributed by atoms with Crippen LogP contribution in [0.1, 0.15) is 20.7 Å². The summed E-state index contributed by atoms with van der Waals surface area (Å²) in [5.74, 6) is 0.482. The van der Waals surface area contributed by atoms with E-state index in [1.165, 1.54) is 0 Å². The number of carbonyl (C=O) groups is 2.